The van der Waals surface area contributed by atoms with Crippen LogP contribution in [0.4, 0.5) is 19.0 Å². The highest BCUT2D eigenvalue weighted by molar-refractivity contribution is 5.36. The molecule has 2 aromatic heterocycles. The molecule has 0 unspecified atom stereocenters. The number of hydrogen-bond acceptors (Lipinski definition) is 4. The van der Waals surface area contributed by atoms with Gasteiger partial charge >= 0.3 is 6.18 Å². The first-order chi connectivity index (χ1) is 9.55. The largest absolute Gasteiger partial charge is 0.417 e. The third-order valence-corrected chi connectivity index (χ3v) is 2.57. The molecule has 2 heterocycles. The van der Waals surface area contributed by atoms with E-state index in [2.05, 4.69) is 25.8 Å². The van der Waals surface area contributed by atoms with E-state index in [1.165, 1.54) is 6.07 Å². The van der Waals surface area contributed by atoms with Crippen molar-refractivity contribution in [2.45, 2.75) is 12.7 Å². The lowest BCUT2D eigenvalue weighted by atomic mass is 10.3. The van der Waals surface area contributed by atoms with E-state index in [1.54, 1.807) is 6.20 Å². The van der Waals surface area contributed by atoms with Crippen LogP contribution in [0.25, 0.3) is 0 Å². The van der Waals surface area contributed by atoms with Crippen LogP contribution in [0.5, 0.6) is 0 Å². The van der Waals surface area contributed by atoms with E-state index in [4.69, 9.17) is 0 Å². The first-order valence-corrected chi connectivity index (χ1v) is 6.02. The Morgan fingerprint density at radius 2 is 2.00 bits per heavy atom. The molecule has 0 atom stereocenters. The number of aromatic amines is 1. The fourth-order valence-corrected chi connectivity index (χ4v) is 1.55. The molecule has 0 aromatic carbocycles. The predicted molar refractivity (Wildman–Crippen MR) is 68.0 cm³/mol. The first kappa shape index (κ1) is 14.3. The second kappa shape index (κ2) is 6.38. The molecule has 2 aromatic rings. The molecular weight excluding hydrogens is 271 g/mol. The standard InChI is InChI=1S/C12H14F3N5/c13-12(14,15)9-1-2-11(18-7-9)17-6-5-16-8-10-3-4-19-20-10/h1-4,7,16H,5-6,8H2,(H,17,18)(H,19,20). The van der Waals surface area contributed by atoms with Gasteiger partial charge in [0.2, 0.25) is 0 Å². The third kappa shape index (κ3) is 4.23. The zero-order valence-corrected chi connectivity index (χ0v) is 10.5. The summed E-state index contributed by atoms with van der Waals surface area (Å²) in [5, 5.41) is 12.7. The molecule has 0 aliphatic carbocycles. The van der Waals surface area contributed by atoms with Gasteiger partial charge in [0.25, 0.3) is 0 Å². The van der Waals surface area contributed by atoms with Crippen LogP contribution in [0.15, 0.2) is 30.6 Å². The van der Waals surface area contributed by atoms with Gasteiger partial charge in [-0.15, -0.1) is 0 Å². The van der Waals surface area contributed by atoms with Crippen LogP contribution in [-0.2, 0) is 12.7 Å². The Morgan fingerprint density at radius 3 is 2.60 bits per heavy atom. The second-order valence-corrected chi connectivity index (χ2v) is 4.12. The smallest absolute Gasteiger partial charge is 0.369 e. The summed E-state index contributed by atoms with van der Waals surface area (Å²) in [6, 6.07) is 4.18. The fourth-order valence-electron chi connectivity index (χ4n) is 1.55. The number of alkyl halides is 3. The van der Waals surface area contributed by atoms with Crippen LogP contribution >= 0.6 is 0 Å². The minimum Gasteiger partial charge on any atom is -0.369 e. The van der Waals surface area contributed by atoms with Gasteiger partial charge < -0.3 is 10.6 Å². The molecule has 2 rings (SSSR count). The summed E-state index contributed by atoms with van der Waals surface area (Å²) in [4.78, 5) is 3.72. The van der Waals surface area contributed by atoms with E-state index in [9.17, 15) is 13.2 Å². The van der Waals surface area contributed by atoms with E-state index in [1.807, 2.05) is 6.07 Å². The average molecular weight is 285 g/mol. The van der Waals surface area contributed by atoms with E-state index in [-0.39, 0.29) is 0 Å². The number of anilines is 1. The highest BCUT2D eigenvalue weighted by Gasteiger charge is 2.30. The molecule has 0 saturated heterocycles. The number of nitrogens with one attached hydrogen (secondary N) is 3. The maximum Gasteiger partial charge on any atom is 0.417 e. The molecule has 108 valence electrons. The Morgan fingerprint density at radius 1 is 1.15 bits per heavy atom. The molecule has 3 N–H and O–H groups in total. The summed E-state index contributed by atoms with van der Waals surface area (Å²) >= 11 is 0. The van der Waals surface area contributed by atoms with Gasteiger partial charge in [0.15, 0.2) is 0 Å². The molecule has 0 amide bonds. The Hall–Kier alpha value is -2.09. The molecule has 5 nitrogen and oxygen atoms in total. The van der Waals surface area contributed by atoms with Crippen LogP contribution in [-0.4, -0.2) is 28.3 Å². The molecule has 8 heteroatoms. The van der Waals surface area contributed by atoms with Crippen molar-refractivity contribution in [3.63, 3.8) is 0 Å². The summed E-state index contributed by atoms with van der Waals surface area (Å²) in [7, 11) is 0. The highest BCUT2D eigenvalue weighted by Crippen LogP contribution is 2.28. The van der Waals surface area contributed by atoms with Crippen LogP contribution in [0, 0.1) is 0 Å². The number of rotatable bonds is 6. The van der Waals surface area contributed by atoms with Gasteiger partial charge in [-0.3, -0.25) is 5.10 Å². The van der Waals surface area contributed by atoms with Crippen molar-refractivity contribution in [2.75, 3.05) is 18.4 Å². The van der Waals surface area contributed by atoms with Gasteiger partial charge in [0.05, 0.1) is 5.56 Å². The molecule has 0 aliphatic heterocycles. The Kier molecular flexibility index (Phi) is 4.57. The third-order valence-electron chi connectivity index (χ3n) is 2.57. The molecule has 0 bridgehead atoms. The van der Waals surface area contributed by atoms with Crippen molar-refractivity contribution >= 4 is 5.82 Å². The van der Waals surface area contributed by atoms with Crippen molar-refractivity contribution in [3.8, 4) is 0 Å². The number of halogens is 3. The normalized spacial score (nSPS) is 11.6. The molecule has 0 spiro atoms. The number of aromatic nitrogens is 3. The van der Waals surface area contributed by atoms with E-state index >= 15 is 0 Å². The topological polar surface area (TPSA) is 65.6 Å². The Labute approximate surface area is 113 Å². The van der Waals surface area contributed by atoms with Crippen LogP contribution < -0.4 is 10.6 Å². The van der Waals surface area contributed by atoms with E-state index in [0.29, 0.717) is 25.5 Å². The summed E-state index contributed by atoms with van der Waals surface area (Å²) in [6.07, 6.45) is -1.86. The Balaban J connectivity index is 1.69. The quantitative estimate of drug-likeness (QED) is 0.710. The molecule has 0 aliphatic rings. The predicted octanol–water partition coefficient (Wildman–Crippen LogP) is 2.03. The fraction of sp³-hybridized carbons (Fsp3) is 0.333. The van der Waals surface area contributed by atoms with E-state index < -0.39 is 11.7 Å². The minimum atomic E-state index is -4.35. The molecule has 20 heavy (non-hydrogen) atoms. The maximum atomic E-state index is 12.3. The Bertz CT molecular complexity index is 507. The van der Waals surface area contributed by atoms with Gasteiger partial charge in [-0.1, -0.05) is 0 Å². The summed E-state index contributed by atoms with van der Waals surface area (Å²) < 4.78 is 37.0. The van der Waals surface area contributed by atoms with Crippen LogP contribution in [0.2, 0.25) is 0 Å². The molecular formula is C12H14F3N5. The number of H-pyrrole nitrogens is 1. The monoisotopic (exact) mass is 285 g/mol. The van der Waals surface area contributed by atoms with E-state index in [0.717, 1.165) is 18.0 Å². The van der Waals surface area contributed by atoms with Crippen molar-refractivity contribution in [3.05, 3.63) is 41.9 Å². The zero-order chi connectivity index (χ0) is 14.4. The van der Waals surface area contributed by atoms with Crippen LogP contribution in [0.3, 0.4) is 0 Å². The lowest BCUT2D eigenvalue weighted by Crippen LogP contribution is -2.22. The molecule has 0 fully saturated rings. The maximum absolute atomic E-state index is 12.3. The van der Waals surface area contributed by atoms with Crippen molar-refractivity contribution in [1.29, 1.82) is 0 Å². The summed E-state index contributed by atoms with van der Waals surface area (Å²) in [5.74, 6) is 0.418. The number of nitrogens with zero attached hydrogens (tertiary/aromatic N) is 2. The lowest BCUT2D eigenvalue weighted by molar-refractivity contribution is -0.137. The number of pyridine rings is 1. The average Bonchev–Trinajstić information content (AvgIpc) is 2.91. The number of hydrogen-bond donors (Lipinski definition) is 3. The highest BCUT2D eigenvalue weighted by atomic mass is 19.4. The lowest BCUT2D eigenvalue weighted by Gasteiger charge is -2.09. The molecule has 0 saturated carbocycles. The second-order valence-electron chi connectivity index (χ2n) is 4.12. The minimum absolute atomic E-state index is 0.418. The van der Waals surface area contributed by atoms with Crippen molar-refractivity contribution in [1.82, 2.24) is 20.5 Å². The SMILES string of the molecule is FC(F)(F)c1ccc(NCCNCc2ccn[nH]2)nc1. The zero-order valence-electron chi connectivity index (χ0n) is 10.5. The molecule has 0 radical (unpaired) electrons. The van der Waals surface area contributed by atoms with Crippen molar-refractivity contribution < 1.29 is 13.2 Å². The summed E-state index contributed by atoms with van der Waals surface area (Å²) in [6.45, 7) is 1.87. The van der Waals surface area contributed by atoms with Gasteiger partial charge in [-0.25, -0.2) is 4.98 Å². The van der Waals surface area contributed by atoms with Gasteiger partial charge in [0, 0.05) is 37.7 Å². The van der Waals surface area contributed by atoms with Crippen LogP contribution in [0.1, 0.15) is 11.3 Å². The van der Waals surface area contributed by atoms with Gasteiger partial charge in [0.1, 0.15) is 5.82 Å². The van der Waals surface area contributed by atoms with Gasteiger partial charge in [-0.05, 0) is 18.2 Å². The first-order valence-electron chi connectivity index (χ1n) is 6.02. The van der Waals surface area contributed by atoms with Crippen molar-refractivity contribution in [2.24, 2.45) is 0 Å². The van der Waals surface area contributed by atoms with Gasteiger partial charge in [-0.2, -0.15) is 18.3 Å². The summed E-state index contributed by atoms with van der Waals surface area (Å²) in [5.41, 5.74) is 0.220.